The number of rotatable bonds is 5. The monoisotopic (exact) mass is 424 g/mol. The van der Waals surface area contributed by atoms with Gasteiger partial charge in [0.2, 0.25) is 0 Å². The quantitative estimate of drug-likeness (QED) is 0.704. The van der Waals surface area contributed by atoms with E-state index in [0.29, 0.717) is 5.69 Å². The summed E-state index contributed by atoms with van der Waals surface area (Å²) in [5.74, 6) is -0.0996. The lowest BCUT2D eigenvalue weighted by molar-refractivity contribution is -0.161. The number of aliphatic carboxylic acids is 1. The second-order valence-electron chi connectivity index (χ2n) is 9.50. The van der Waals surface area contributed by atoms with Crippen LogP contribution >= 0.6 is 0 Å². The molecule has 1 atom stereocenters. The Morgan fingerprint density at radius 1 is 1.23 bits per heavy atom. The smallest absolute Gasteiger partial charge is 0.339 e. The number of aromatic nitrogens is 2. The molecule has 0 amide bonds. The summed E-state index contributed by atoms with van der Waals surface area (Å²) in [5.41, 5.74) is 5.10. The van der Waals surface area contributed by atoms with Gasteiger partial charge in [0, 0.05) is 12.6 Å². The summed E-state index contributed by atoms with van der Waals surface area (Å²) < 4.78 is 13.5. The zero-order valence-corrected chi connectivity index (χ0v) is 18.9. The van der Waals surface area contributed by atoms with E-state index in [1.54, 1.807) is 11.7 Å². The molecule has 2 aromatic rings. The Kier molecular flexibility index (Phi) is 5.93. The Morgan fingerprint density at radius 2 is 1.97 bits per heavy atom. The molecule has 2 heterocycles. The van der Waals surface area contributed by atoms with E-state index in [9.17, 15) is 9.90 Å². The molecule has 0 radical (unpaired) electrons. The van der Waals surface area contributed by atoms with E-state index in [1.165, 1.54) is 18.4 Å². The summed E-state index contributed by atoms with van der Waals surface area (Å²) in [7, 11) is 1.80. The minimum atomic E-state index is -1.12. The number of ether oxygens (including phenoxy) is 2. The summed E-state index contributed by atoms with van der Waals surface area (Å²) in [5, 5.41) is 14.8. The molecule has 0 bridgehead atoms. The van der Waals surface area contributed by atoms with E-state index in [1.807, 2.05) is 32.9 Å². The van der Waals surface area contributed by atoms with Gasteiger partial charge in [-0.15, -0.1) is 0 Å². The molecule has 0 saturated heterocycles. The largest absolute Gasteiger partial charge is 0.493 e. The highest BCUT2D eigenvalue weighted by Crippen LogP contribution is 2.39. The number of carboxylic acid groups (broad SMARTS) is 1. The summed E-state index contributed by atoms with van der Waals surface area (Å²) >= 11 is 0. The number of nitrogens with zero attached hydrogens (tertiary/aromatic N) is 2. The maximum absolute atomic E-state index is 12.3. The van der Waals surface area contributed by atoms with E-state index in [4.69, 9.17) is 14.6 Å². The SMILES string of the molecule is Cn1nc(C=C2CCCC2)c(-c2ccc3c(c2)CCCO3)c1C(OC(C)(C)C)C(=O)O. The van der Waals surface area contributed by atoms with Gasteiger partial charge in [-0.05, 0) is 88.6 Å². The minimum absolute atomic E-state index is 0.573. The van der Waals surface area contributed by atoms with E-state index < -0.39 is 17.7 Å². The molecule has 4 rings (SSSR count). The standard InChI is InChI=1S/C25H32N2O4/c1-25(2,3)31-23(24(28)29)22-21(18-11-12-20-17(15-18)10-7-13-30-20)19(26-27(22)4)14-16-8-5-6-9-16/h11-12,14-15,23H,5-10,13H2,1-4H3,(H,28,29). The molecule has 1 aliphatic carbocycles. The van der Waals surface area contributed by atoms with Crippen molar-refractivity contribution in [3.05, 3.63) is 40.7 Å². The number of carbonyl (C=O) groups is 1. The molecule has 1 aromatic carbocycles. The van der Waals surface area contributed by atoms with Crippen molar-refractivity contribution < 1.29 is 19.4 Å². The zero-order chi connectivity index (χ0) is 22.2. The fraction of sp³-hybridized carbons (Fsp3) is 0.520. The molecule has 31 heavy (non-hydrogen) atoms. The third kappa shape index (κ3) is 4.69. The Labute approximate surface area is 183 Å². The number of benzene rings is 1. The average molecular weight is 425 g/mol. The molecule has 166 valence electrons. The van der Waals surface area contributed by atoms with Crippen molar-refractivity contribution in [1.82, 2.24) is 9.78 Å². The molecule has 2 aliphatic rings. The van der Waals surface area contributed by atoms with Crippen molar-refractivity contribution in [2.45, 2.75) is 71.0 Å². The van der Waals surface area contributed by atoms with Crippen LogP contribution in [0.15, 0.2) is 23.8 Å². The van der Waals surface area contributed by atoms with Crippen molar-refractivity contribution in [3.8, 4) is 16.9 Å². The fourth-order valence-corrected chi connectivity index (χ4v) is 4.52. The molecule has 1 saturated carbocycles. The molecule has 6 heteroatoms. The average Bonchev–Trinajstić information content (AvgIpc) is 3.32. The second-order valence-corrected chi connectivity index (χ2v) is 9.50. The minimum Gasteiger partial charge on any atom is -0.493 e. The van der Waals surface area contributed by atoms with Gasteiger partial charge in [-0.3, -0.25) is 4.68 Å². The van der Waals surface area contributed by atoms with Crippen molar-refractivity contribution in [3.63, 3.8) is 0 Å². The molecular weight excluding hydrogens is 392 g/mol. The van der Waals surface area contributed by atoms with Gasteiger partial charge in [0.1, 0.15) is 5.75 Å². The summed E-state index contributed by atoms with van der Waals surface area (Å²) in [6.07, 6.45) is 7.51. The highest BCUT2D eigenvalue weighted by atomic mass is 16.5. The number of hydrogen-bond acceptors (Lipinski definition) is 4. The Hall–Kier alpha value is -2.60. The molecule has 1 aliphatic heterocycles. The molecule has 0 spiro atoms. The van der Waals surface area contributed by atoms with Crippen molar-refractivity contribution in [2.75, 3.05) is 6.61 Å². The van der Waals surface area contributed by atoms with Crippen molar-refractivity contribution in [1.29, 1.82) is 0 Å². The van der Waals surface area contributed by atoms with Crippen LogP contribution in [0.5, 0.6) is 5.75 Å². The van der Waals surface area contributed by atoms with Crippen LogP contribution in [0, 0.1) is 0 Å². The van der Waals surface area contributed by atoms with Gasteiger partial charge >= 0.3 is 5.97 Å². The first-order valence-electron chi connectivity index (χ1n) is 11.2. The second kappa shape index (κ2) is 8.50. The lowest BCUT2D eigenvalue weighted by atomic mass is 9.95. The van der Waals surface area contributed by atoms with Crippen LogP contribution in [0.25, 0.3) is 17.2 Å². The Morgan fingerprint density at radius 3 is 2.65 bits per heavy atom. The van der Waals surface area contributed by atoms with Crippen LogP contribution in [0.2, 0.25) is 0 Å². The predicted octanol–water partition coefficient (Wildman–Crippen LogP) is 5.31. The molecular formula is C25H32N2O4. The lowest BCUT2D eigenvalue weighted by Gasteiger charge is -2.26. The van der Waals surface area contributed by atoms with Crippen LogP contribution in [-0.4, -0.2) is 33.1 Å². The maximum Gasteiger partial charge on any atom is 0.339 e. The number of hydrogen-bond donors (Lipinski definition) is 1. The van der Waals surface area contributed by atoms with Crippen molar-refractivity contribution in [2.24, 2.45) is 7.05 Å². The van der Waals surface area contributed by atoms with Gasteiger partial charge in [-0.25, -0.2) is 4.79 Å². The third-order valence-electron chi connectivity index (χ3n) is 5.85. The number of fused-ring (bicyclic) bond motifs is 1. The third-order valence-corrected chi connectivity index (χ3v) is 5.85. The van der Waals surface area contributed by atoms with Crippen LogP contribution in [-0.2, 0) is 23.0 Å². The zero-order valence-electron chi connectivity index (χ0n) is 18.9. The van der Waals surface area contributed by atoms with Gasteiger partial charge in [-0.1, -0.05) is 11.6 Å². The normalized spacial score (nSPS) is 17.2. The first kappa shape index (κ1) is 21.6. The number of allylic oxidation sites excluding steroid dienone is 1. The highest BCUT2D eigenvalue weighted by molar-refractivity contribution is 5.83. The van der Waals surface area contributed by atoms with Crippen molar-refractivity contribution >= 4 is 12.0 Å². The van der Waals surface area contributed by atoms with E-state index >= 15 is 0 Å². The molecule has 6 nitrogen and oxygen atoms in total. The van der Waals surface area contributed by atoms with E-state index in [-0.39, 0.29) is 0 Å². The van der Waals surface area contributed by atoms with Gasteiger partial charge in [0.15, 0.2) is 6.10 Å². The van der Waals surface area contributed by atoms with Gasteiger partial charge in [0.25, 0.3) is 0 Å². The van der Waals surface area contributed by atoms with Crippen LogP contribution in [0.3, 0.4) is 0 Å². The summed E-state index contributed by atoms with van der Waals surface area (Å²) in [6, 6.07) is 6.13. The first-order chi connectivity index (χ1) is 14.7. The topological polar surface area (TPSA) is 73.6 Å². The molecule has 1 unspecified atom stereocenters. The summed E-state index contributed by atoms with van der Waals surface area (Å²) in [6.45, 7) is 6.35. The lowest BCUT2D eigenvalue weighted by Crippen LogP contribution is -2.29. The Balaban J connectivity index is 1.89. The van der Waals surface area contributed by atoms with Gasteiger partial charge in [0.05, 0.1) is 23.6 Å². The van der Waals surface area contributed by atoms with E-state index in [0.717, 1.165) is 60.4 Å². The number of aryl methyl sites for hydroxylation is 2. The molecule has 1 N–H and O–H groups in total. The Bertz CT molecular complexity index is 1010. The van der Waals surface area contributed by atoms with Crippen LogP contribution in [0.4, 0.5) is 0 Å². The fourth-order valence-electron chi connectivity index (χ4n) is 4.52. The molecule has 1 fully saturated rings. The van der Waals surface area contributed by atoms with E-state index in [2.05, 4.69) is 12.1 Å². The van der Waals surface area contributed by atoms with Gasteiger partial charge in [-0.2, -0.15) is 5.10 Å². The van der Waals surface area contributed by atoms with Gasteiger partial charge < -0.3 is 14.6 Å². The summed E-state index contributed by atoms with van der Waals surface area (Å²) in [4.78, 5) is 12.3. The van der Waals surface area contributed by atoms with Crippen LogP contribution in [0.1, 0.15) is 75.9 Å². The first-order valence-corrected chi connectivity index (χ1v) is 11.2. The predicted molar refractivity (Wildman–Crippen MR) is 120 cm³/mol. The number of carboxylic acids is 1. The molecule has 1 aromatic heterocycles. The highest BCUT2D eigenvalue weighted by Gasteiger charge is 2.34. The van der Waals surface area contributed by atoms with Crippen LogP contribution < -0.4 is 4.74 Å². The maximum atomic E-state index is 12.3.